The van der Waals surface area contributed by atoms with Gasteiger partial charge in [-0.3, -0.25) is 14.4 Å². The number of imide groups is 1. The van der Waals surface area contributed by atoms with Gasteiger partial charge in [-0.15, -0.1) is 0 Å². The minimum absolute atomic E-state index is 0.0870. The number of fused-ring (bicyclic) bond motifs is 2. The quantitative estimate of drug-likeness (QED) is 0.787. The molecule has 2 atom stereocenters. The van der Waals surface area contributed by atoms with Crippen molar-refractivity contribution in [1.82, 2.24) is 5.01 Å². The van der Waals surface area contributed by atoms with Crippen molar-refractivity contribution in [3.05, 3.63) is 54.1 Å². The van der Waals surface area contributed by atoms with E-state index >= 15 is 0 Å². The first-order chi connectivity index (χ1) is 10.7. The van der Waals surface area contributed by atoms with Crippen molar-refractivity contribution in [2.24, 2.45) is 16.9 Å². The first-order valence-electron chi connectivity index (χ1n) is 6.89. The number of carbonyl (C=O) groups is 3. The molecule has 1 aromatic carbocycles. The summed E-state index contributed by atoms with van der Waals surface area (Å²) in [7, 11) is 0. The van der Waals surface area contributed by atoms with E-state index in [1.807, 2.05) is 0 Å². The molecule has 1 N–H and O–H groups in total. The van der Waals surface area contributed by atoms with Crippen molar-refractivity contribution in [2.45, 2.75) is 0 Å². The van der Waals surface area contributed by atoms with Gasteiger partial charge in [-0.1, -0.05) is 42.5 Å². The summed E-state index contributed by atoms with van der Waals surface area (Å²) in [5.41, 5.74) is 1.31. The van der Waals surface area contributed by atoms with Crippen molar-refractivity contribution in [3.8, 4) is 0 Å². The van der Waals surface area contributed by atoms with Crippen LogP contribution in [-0.4, -0.2) is 28.4 Å². The smallest absolute Gasteiger partial charge is 0.276 e. The monoisotopic (exact) mass is 293 g/mol. The Kier molecular flexibility index (Phi) is 2.59. The van der Waals surface area contributed by atoms with Gasteiger partial charge >= 0.3 is 0 Å². The minimum atomic E-state index is -0.526. The first kappa shape index (κ1) is 12.7. The number of nitrogens with one attached hydrogen (secondary N) is 1. The molecule has 0 spiro atoms. The maximum Gasteiger partial charge on any atom is 0.276 e. The molecule has 0 aromatic heterocycles. The third-order valence-corrected chi connectivity index (χ3v) is 3.97. The molecule has 1 aromatic rings. The number of carbonyl (C=O) groups excluding carboxylic acids is 3. The Hall–Kier alpha value is -3.02. The Morgan fingerprint density at radius 2 is 1.59 bits per heavy atom. The third-order valence-electron chi connectivity index (χ3n) is 3.97. The van der Waals surface area contributed by atoms with Crippen LogP contribution in [0, 0.1) is 11.8 Å². The molecule has 0 bridgehead atoms. The summed E-state index contributed by atoms with van der Waals surface area (Å²) in [6, 6.07) is 7.03. The van der Waals surface area contributed by atoms with Crippen LogP contribution < -0.4 is 5.32 Å². The molecule has 6 nitrogen and oxygen atoms in total. The lowest BCUT2D eigenvalue weighted by molar-refractivity contribution is -0.139. The normalized spacial score (nSPS) is 27.4. The van der Waals surface area contributed by atoms with E-state index in [-0.39, 0.29) is 5.71 Å². The second-order valence-electron chi connectivity index (χ2n) is 5.26. The molecule has 4 rings (SSSR count). The van der Waals surface area contributed by atoms with Crippen molar-refractivity contribution in [1.29, 1.82) is 0 Å². The van der Waals surface area contributed by atoms with E-state index in [2.05, 4.69) is 10.4 Å². The summed E-state index contributed by atoms with van der Waals surface area (Å²) in [4.78, 5) is 36.7. The maximum atomic E-state index is 12.3. The van der Waals surface area contributed by atoms with Gasteiger partial charge in [-0.25, -0.2) is 0 Å². The molecule has 22 heavy (non-hydrogen) atoms. The molecule has 3 aliphatic rings. The third kappa shape index (κ3) is 1.67. The highest BCUT2D eigenvalue weighted by Crippen LogP contribution is 2.32. The molecule has 6 heteroatoms. The highest BCUT2D eigenvalue weighted by atomic mass is 16.2. The summed E-state index contributed by atoms with van der Waals surface area (Å²) in [5.74, 6) is -2.27. The molecule has 3 amide bonds. The number of benzene rings is 1. The van der Waals surface area contributed by atoms with Crippen LogP contribution in [0.3, 0.4) is 0 Å². The van der Waals surface area contributed by atoms with Crippen LogP contribution >= 0.6 is 0 Å². The highest BCUT2D eigenvalue weighted by Gasteiger charge is 2.46. The highest BCUT2D eigenvalue weighted by molar-refractivity contribution is 6.53. The van der Waals surface area contributed by atoms with Crippen molar-refractivity contribution >= 4 is 29.1 Å². The van der Waals surface area contributed by atoms with Crippen molar-refractivity contribution in [3.63, 3.8) is 0 Å². The van der Waals surface area contributed by atoms with Crippen molar-refractivity contribution < 1.29 is 14.4 Å². The predicted octanol–water partition coefficient (Wildman–Crippen LogP) is 1.07. The Bertz CT molecular complexity index is 777. The van der Waals surface area contributed by atoms with Gasteiger partial charge in [0.1, 0.15) is 0 Å². The van der Waals surface area contributed by atoms with Crippen LogP contribution in [0.15, 0.2) is 53.7 Å². The van der Waals surface area contributed by atoms with Crippen LogP contribution in [0.4, 0.5) is 5.69 Å². The first-order valence-corrected chi connectivity index (χ1v) is 6.89. The molecule has 1 saturated heterocycles. The Morgan fingerprint density at radius 1 is 0.955 bits per heavy atom. The zero-order chi connectivity index (χ0) is 15.3. The Labute approximate surface area is 125 Å². The van der Waals surface area contributed by atoms with Gasteiger partial charge in [-0.05, 0) is 6.07 Å². The van der Waals surface area contributed by atoms with Gasteiger partial charge in [-0.2, -0.15) is 10.1 Å². The molecule has 1 aliphatic carbocycles. The molecular weight excluding hydrogens is 282 g/mol. The lowest BCUT2D eigenvalue weighted by atomic mass is 9.91. The molecule has 0 unspecified atom stereocenters. The maximum absolute atomic E-state index is 12.3. The number of nitrogens with zero attached hydrogens (tertiary/aromatic N) is 2. The molecule has 0 saturated carbocycles. The number of allylic oxidation sites excluding steroid dienone is 2. The minimum Gasteiger partial charge on any atom is -0.320 e. The zero-order valence-electron chi connectivity index (χ0n) is 11.4. The van der Waals surface area contributed by atoms with Crippen LogP contribution in [0.1, 0.15) is 5.56 Å². The SMILES string of the molecule is O=C1Nc2ccccc2/C1=N/N1C(=O)[C@@H]2C=CC=C[C@H]2C1=O. The summed E-state index contributed by atoms with van der Waals surface area (Å²) in [6.07, 6.45) is 6.85. The summed E-state index contributed by atoms with van der Waals surface area (Å²) in [6.45, 7) is 0. The number of para-hydroxylation sites is 1. The van der Waals surface area contributed by atoms with Crippen LogP contribution in [-0.2, 0) is 14.4 Å². The van der Waals surface area contributed by atoms with E-state index < -0.39 is 29.6 Å². The molecule has 2 aliphatic heterocycles. The average Bonchev–Trinajstić information content (AvgIpc) is 2.98. The molecule has 108 valence electrons. The second-order valence-corrected chi connectivity index (χ2v) is 5.26. The lowest BCUT2D eigenvalue weighted by Gasteiger charge is -2.08. The van der Waals surface area contributed by atoms with Gasteiger partial charge in [0.05, 0.1) is 17.5 Å². The van der Waals surface area contributed by atoms with Gasteiger partial charge < -0.3 is 5.32 Å². The lowest BCUT2D eigenvalue weighted by Crippen LogP contribution is -2.29. The van der Waals surface area contributed by atoms with Crippen LogP contribution in [0.25, 0.3) is 0 Å². The second kappa shape index (κ2) is 4.49. The number of hydrogen-bond donors (Lipinski definition) is 1. The van der Waals surface area contributed by atoms with E-state index in [0.717, 1.165) is 5.01 Å². The standard InChI is InChI=1S/C16H11N3O3/c20-14-13(11-7-3-4-8-12(11)17-14)18-19-15(21)9-5-1-2-6-10(9)16(19)22/h1-10H,(H,17,18,20)/t9-,10-/m1/s1. The molecule has 2 heterocycles. The van der Waals surface area contributed by atoms with Gasteiger partial charge in [0.2, 0.25) is 0 Å². The van der Waals surface area contributed by atoms with Crippen LogP contribution in [0.2, 0.25) is 0 Å². The fraction of sp³-hybridized carbons (Fsp3) is 0.125. The fourth-order valence-corrected chi connectivity index (χ4v) is 2.87. The number of hydrazone groups is 1. The average molecular weight is 293 g/mol. The molecular formula is C16H11N3O3. The predicted molar refractivity (Wildman–Crippen MR) is 78.7 cm³/mol. The number of hydrogen-bond acceptors (Lipinski definition) is 4. The molecule has 0 radical (unpaired) electrons. The molecule has 1 fully saturated rings. The van der Waals surface area contributed by atoms with E-state index in [0.29, 0.717) is 11.3 Å². The zero-order valence-corrected chi connectivity index (χ0v) is 11.4. The number of anilines is 1. The fourth-order valence-electron chi connectivity index (χ4n) is 2.87. The van der Waals surface area contributed by atoms with Crippen LogP contribution in [0.5, 0.6) is 0 Å². The van der Waals surface area contributed by atoms with E-state index in [1.165, 1.54) is 0 Å². The van der Waals surface area contributed by atoms with Gasteiger partial charge in [0.25, 0.3) is 17.7 Å². The number of amides is 3. The Morgan fingerprint density at radius 3 is 2.27 bits per heavy atom. The summed E-state index contributed by atoms with van der Waals surface area (Å²) in [5, 5.41) is 7.55. The van der Waals surface area contributed by atoms with E-state index in [4.69, 9.17) is 0 Å². The van der Waals surface area contributed by atoms with E-state index in [9.17, 15) is 14.4 Å². The number of rotatable bonds is 1. The van der Waals surface area contributed by atoms with Crippen molar-refractivity contribution in [2.75, 3.05) is 5.32 Å². The van der Waals surface area contributed by atoms with Gasteiger partial charge in [0, 0.05) is 5.56 Å². The van der Waals surface area contributed by atoms with Gasteiger partial charge in [0.15, 0.2) is 5.71 Å². The topological polar surface area (TPSA) is 78.8 Å². The van der Waals surface area contributed by atoms with E-state index in [1.54, 1.807) is 48.6 Å². The Balaban J connectivity index is 1.76. The summed E-state index contributed by atoms with van der Waals surface area (Å²) >= 11 is 0. The largest absolute Gasteiger partial charge is 0.320 e. The summed E-state index contributed by atoms with van der Waals surface area (Å²) < 4.78 is 0.